The van der Waals surface area contributed by atoms with Crippen molar-refractivity contribution in [2.24, 2.45) is 0 Å². The van der Waals surface area contributed by atoms with Gasteiger partial charge < -0.3 is 5.32 Å². The fraction of sp³-hybridized carbons (Fsp3) is 0.0556. The summed E-state index contributed by atoms with van der Waals surface area (Å²) in [4.78, 5) is 16.7. The first-order valence-corrected chi connectivity index (χ1v) is 8.82. The number of carbonyl (C=O) groups is 1. The number of rotatable bonds is 4. The van der Waals surface area contributed by atoms with Crippen LogP contribution in [0.2, 0.25) is 5.02 Å². The quantitative estimate of drug-likeness (QED) is 0.583. The molecule has 2 aromatic carbocycles. The Labute approximate surface area is 152 Å². The Balaban J connectivity index is 1.48. The molecular weight excluding hydrogens is 356 g/mol. The van der Waals surface area contributed by atoms with Gasteiger partial charge in [0.1, 0.15) is 0 Å². The number of nitrogens with zero attached hydrogens (tertiary/aromatic N) is 3. The molecule has 124 valence electrons. The molecule has 2 heterocycles. The summed E-state index contributed by atoms with van der Waals surface area (Å²) < 4.78 is 2.76. The molecule has 5 nitrogen and oxygen atoms in total. The van der Waals surface area contributed by atoms with Crippen LogP contribution in [-0.2, 0) is 11.2 Å². The number of hydrogen-bond donors (Lipinski definition) is 1. The van der Waals surface area contributed by atoms with Crippen LogP contribution in [0.15, 0.2) is 60.9 Å². The number of nitrogens with one attached hydrogen (secondary N) is 1. The zero-order chi connectivity index (χ0) is 17.2. The number of hydrogen-bond acceptors (Lipinski definition) is 4. The van der Waals surface area contributed by atoms with Crippen LogP contribution in [0.1, 0.15) is 5.56 Å². The van der Waals surface area contributed by atoms with E-state index in [-0.39, 0.29) is 12.3 Å². The van der Waals surface area contributed by atoms with Crippen molar-refractivity contribution in [3.05, 3.63) is 71.5 Å². The highest BCUT2D eigenvalue weighted by molar-refractivity contribution is 7.20. The van der Waals surface area contributed by atoms with Crippen molar-refractivity contribution in [1.82, 2.24) is 14.8 Å². The highest BCUT2D eigenvalue weighted by Crippen LogP contribution is 2.24. The largest absolute Gasteiger partial charge is 0.323 e. The molecule has 2 aromatic heterocycles. The zero-order valence-corrected chi connectivity index (χ0v) is 14.6. The van der Waals surface area contributed by atoms with Crippen LogP contribution >= 0.6 is 22.9 Å². The minimum Gasteiger partial charge on any atom is -0.323 e. The average molecular weight is 369 g/mol. The number of fused-ring (bicyclic) bond motifs is 1. The summed E-state index contributed by atoms with van der Waals surface area (Å²) in [6, 6.07) is 15.2. The number of aromatic nitrogens is 3. The number of halogens is 1. The van der Waals surface area contributed by atoms with E-state index in [2.05, 4.69) is 15.4 Å². The van der Waals surface area contributed by atoms with E-state index in [1.807, 2.05) is 36.4 Å². The van der Waals surface area contributed by atoms with Crippen LogP contribution in [0, 0.1) is 0 Å². The third-order valence-corrected chi connectivity index (χ3v) is 4.86. The van der Waals surface area contributed by atoms with Crippen LogP contribution in [0.4, 0.5) is 5.69 Å². The smallest absolute Gasteiger partial charge is 0.228 e. The second-order valence-corrected chi connectivity index (χ2v) is 6.94. The van der Waals surface area contributed by atoms with Gasteiger partial charge in [-0.1, -0.05) is 47.2 Å². The van der Waals surface area contributed by atoms with E-state index >= 15 is 0 Å². The molecule has 0 atom stereocenters. The summed E-state index contributed by atoms with van der Waals surface area (Å²) in [6.07, 6.45) is 3.63. The van der Waals surface area contributed by atoms with Gasteiger partial charge in [-0.25, -0.2) is 9.67 Å². The van der Waals surface area contributed by atoms with Crippen LogP contribution in [0.25, 0.3) is 15.3 Å². The van der Waals surface area contributed by atoms with E-state index in [0.717, 1.165) is 20.9 Å². The number of benzene rings is 2. The van der Waals surface area contributed by atoms with Gasteiger partial charge in [0, 0.05) is 5.02 Å². The second-order valence-electron chi connectivity index (χ2n) is 5.49. The summed E-state index contributed by atoms with van der Waals surface area (Å²) >= 11 is 7.49. The maximum atomic E-state index is 12.2. The molecule has 0 spiro atoms. The third kappa shape index (κ3) is 3.55. The van der Waals surface area contributed by atoms with Gasteiger partial charge in [0.25, 0.3) is 0 Å². The lowest BCUT2D eigenvalue weighted by molar-refractivity contribution is -0.115. The molecule has 4 aromatic rings. The Bertz CT molecular complexity index is 1020. The molecule has 0 aliphatic carbocycles. The number of para-hydroxylation sites is 1. The summed E-state index contributed by atoms with van der Waals surface area (Å²) in [5.41, 5.74) is 2.43. The maximum Gasteiger partial charge on any atom is 0.228 e. The topological polar surface area (TPSA) is 59.8 Å². The van der Waals surface area contributed by atoms with Gasteiger partial charge in [-0.05, 0) is 29.8 Å². The van der Waals surface area contributed by atoms with Crippen molar-refractivity contribution in [1.29, 1.82) is 0 Å². The molecule has 7 heteroatoms. The van der Waals surface area contributed by atoms with Crippen molar-refractivity contribution in [2.75, 3.05) is 5.32 Å². The predicted molar refractivity (Wildman–Crippen MR) is 101 cm³/mol. The Kier molecular flexibility index (Phi) is 4.21. The van der Waals surface area contributed by atoms with E-state index in [1.54, 1.807) is 40.5 Å². The lowest BCUT2D eigenvalue weighted by Crippen LogP contribution is -2.13. The number of thiazole rings is 1. The molecule has 0 radical (unpaired) electrons. The van der Waals surface area contributed by atoms with E-state index < -0.39 is 0 Å². The molecule has 0 aliphatic rings. The number of amides is 1. The molecule has 0 unspecified atom stereocenters. The molecule has 25 heavy (non-hydrogen) atoms. The van der Waals surface area contributed by atoms with Gasteiger partial charge >= 0.3 is 0 Å². The fourth-order valence-corrected chi connectivity index (χ4v) is 3.60. The van der Waals surface area contributed by atoms with E-state index in [4.69, 9.17) is 11.6 Å². The minimum absolute atomic E-state index is 0.119. The normalized spacial score (nSPS) is 10.9. The van der Waals surface area contributed by atoms with E-state index in [0.29, 0.717) is 10.7 Å². The molecular formula is C18H13ClN4OS. The van der Waals surface area contributed by atoms with Crippen molar-refractivity contribution < 1.29 is 4.79 Å². The van der Waals surface area contributed by atoms with Crippen molar-refractivity contribution in [3.63, 3.8) is 0 Å². The van der Waals surface area contributed by atoms with Gasteiger partial charge in [0.15, 0.2) is 0 Å². The predicted octanol–water partition coefficient (Wildman–Crippen LogP) is 4.32. The lowest BCUT2D eigenvalue weighted by Gasteiger charge is -2.03. The Morgan fingerprint density at radius 3 is 2.92 bits per heavy atom. The maximum absolute atomic E-state index is 12.2. The summed E-state index contributed by atoms with van der Waals surface area (Å²) in [7, 11) is 0. The number of anilines is 1. The van der Waals surface area contributed by atoms with Crippen molar-refractivity contribution in [3.8, 4) is 5.13 Å². The minimum atomic E-state index is -0.119. The molecule has 1 N–H and O–H groups in total. The SMILES string of the molecule is O=C(Cc1cccc(Cl)c1)Nc1cnn(-c2nc3ccccc3s2)c1. The molecule has 0 saturated carbocycles. The summed E-state index contributed by atoms with van der Waals surface area (Å²) in [5.74, 6) is -0.119. The highest BCUT2D eigenvalue weighted by Gasteiger charge is 2.10. The van der Waals surface area contributed by atoms with Gasteiger partial charge in [0.2, 0.25) is 11.0 Å². The van der Waals surface area contributed by atoms with Crippen LogP contribution in [-0.4, -0.2) is 20.7 Å². The standard InChI is InChI=1S/C18H13ClN4OS/c19-13-5-3-4-12(8-13)9-17(24)21-14-10-20-23(11-14)18-22-15-6-1-2-7-16(15)25-18/h1-8,10-11H,9H2,(H,21,24). The second kappa shape index (κ2) is 6.66. The third-order valence-electron chi connectivity index (χ3n) is 3.60. The lowest BCUT2D eigenvalue weighted by atomic mass is 10.1. The van der Waals surface area contributed by atoms with Gasteiger partial charge in [0.05, 0.1) is 34.7 Å². The molecule has 0 saturated heterocycles. The molecule has 0 fully saturated rings. The van der Waals surface area contributed by atoms with Crippen LogP contribution < -0.4 is 5.32 Å². The fourth-order valence-electron chi connectivity index (χ4n) is 2.49. The zero-order valence-electron chi connectivity index (χ0n) is 13.0. The average Bonchev–Trinajstić information content (AvgIpc) is 3.20. The molecule has 0 bridgehead atoms. The Morgan fingerprint density at radius 2 is 2.08 bits per heavy atom. The first-order valence-electron chi connectivity index (χ1n) is 7.62. The van der Waals surface area contributed by atoms with E-state index in [9.17, 15) is 4.79 Å². The van der Waals surface area contributed by atoms with Crippen molar-refractivity contribution in [2.45, 2.75) is 6.42 Å². The molecule has 0 aliphatic heterocycles. The number of carbonyl (C=O) groups excluding carboxylic acids is 1. The van der Waals surface area contributed by atoms with Gasteiger partial charge in [-0.3, -0.25) is 4.79 Å². The first-order chi connectivity index (χ1) is 12.2. The van der Waals surface area contributed by atoms with Crippen molar-refractivity contribution >= 4 is 44.7 Å². The first kappa shape index (κ1) is 15.8. The Morgan fingerprint density at radius 1 is 1.20 bits per heavy atom. The van der Waals surface area contributed by atoms with Crippen LogP contribution in [0.3, 0.4) is 0 Å². The van der Waals surface area contributed by atoms with Crippen LogP contribution in [0.5, 0.6) is 0 Å². The Hall–Kier alpha value is -2.70. The van der Waals surface area contributed by atoms with Gasteiger partial charge in [-0.15, -0.1) is 0 Å². The summed E-state index contributed by atoms with van der Waals surface area (Å²) in [6.45, 7) is 0. The monoisotopic (exact) mass is 368 g/mol. The molecule has 1 amide bonds. The van der Waals surface area contributed by atoms with E-state index in [1.165, 1.54) is 0 Å². The molecule has 4 rings (SSSR count). The summed E-state index contributed by atoms with van der Waals surface area (Å²) in [5, 5.41) is 8.51. The highest BCUT2D eigenvalue weighted by atomic mass is 35.5. The van der Waals surface area contributed by atoms with Gasteiger partial charge in [-0.2, -0.15) is 5.10 Å².